The Morgan fingerprint density at radius 3 is 2.25 bits per heavy atom. The second-order valence-electron chi connectivity index (χ2n) is 8.31. The van der Waals surface area contributed by atoms with Gasteiger partial charge in [0.25, 0.3) is 11.7 Å². The molecule has 0 aromatic heterocycles. The normalized spacial score (nSPS) is 16.8. The van der Waals surface area contributed by atoms with Crippen LogP contribution in [0.2, 0.25) is 0 Å². The van der Waals surface area contributed by atoms with Crippen molar-refractivity contribution in [1.82, 2.24) is 0 Å². The first-order valence-corrected chi connectivity index (χ1v) is 11.8. The van der Waals surface area contributed by atoms with Crippen LogP contribution in [0.4, 0.5) is 5.69 Å². The van der Waals surface area contributed by atoms with Crippen molar-refractivity contribution in [2.45, 2.75) is 26.8 Å². The molecule has 0 saturated carbocycles. The Bertz CT molecular complexity index is 1310. The van der Waals surface area contributed by atoms with Crippen LogP contribution >= 0.6 is 0 Å². The number of hydrogen-bond donors (Lipinski definition) is 1. The quantitative estimate of drug-likeness (QED) is 0.259. The maximum atomic E-state index is 13.4. The van der Waals surface area contributed by atoms with Crippen LogP contribution in [-0.4, -0.2) is 37.1 Å². The van der Waals surface area contributed by atoms with Gasteiger partial charge in [0.2, 0.25) is 0 Å². The van der Waals surface area contributed by atoms with Crippen molar-refractivity contribution in [3.05, 3.63) is 89.0 Å². The highest BCUT2D eigenvalue weighted by atomic mass is 16.5. The highest BCUT2D eigenvalue weighted by Gasteiger charge is 2.47. The van der Waals surface area contributed by atoms with E-state index in [1.165, 1.54) is 4.90 Å². The minimum absolute atomic E-state index is 0.0169. The minimum atomic E-state index is -0.848. The second kappa shape index (κ2) is 10.6. The average Bonchev–Trinajstić information content (AvgIpc) is 3.14. The number of carbonyl (C=O) groups excluding carboxylic acids is 2. The molecular weight excluding hydrogens is 458 g/mol. The monoisotopic (exact) mass is 487 g/mol. The zero-order valence-corrected chi connectivity index (χ0v) is 20.8. The van der Waals surface area contributed by atoms with E-state index in [2.05, 4.69) is 0 Å². The SMILES string of the molecule is CCOc1ccc(/C(O)=C2/C(=O)C(=O)N(c3cccc(C)c3)C2c2ccc(OC)cc2)c(OCC)c1. The molecule has 4 rings (SSSR count). The van der Waals surface area contributed by atoms with E-state index in [9.17, 15) is 14.7 Å². The van der Waals surface area contributed by atoms with Crippen LogP contribution in [-0.2, 0) is 9.59 Å². The van der Waals surface area contributed by atoms with Gasteiger partial charge in [0.1, 0.15) is 23.0 Å². The fourth-order valence-corrected chi connectivity index (χ4v) is 4.35. The van der Waals surface area contributed by atoms with Gasteiger partial charge >= 0.3 is 0 Å². The predicted molar refractivity (Wildman–Crippen MR) is 138 cm³/mol. The number of Topliss-reactive ketones (excluding diaryl/α,β-unsaturated/α-hetero) is 1. The molecule has 0 bridgehead atoms. The summed E-state index contributed by atoms with van der Waals surface area (Å²) in [5, 5.41) is 11.5. The van der Waals surface area contributed by atoms with E-state index in [1.807, 2.05) is 39.0 Å². The molecule has 0 spiro atoms. The number of ether oxygens (including phenoxy) is 3. The van der Waals surface area contributed by atoms with E-state index in [-0.39, 0.29) is 11.3 Å². The van der Waals surface area contributed by atoms with Gasteiger partial charge in [-0.25, -0.2) is 0 Å². The first-order valence-electron chi connectivity index (χ1n) is 11.8. The lowest BCUT2D eigenvalue weighted by Gasteiger charge is -2.26. The molecule has 1 aliphatic heterocycles. The van der Waals surface area contributed by atoms with Crippen molar-refractivity contribution in [2.24, 2.45) is 0 Å². The summed E-state index contributed by atoms with van der Waals surface area (Å²) in [6, 6.07) is 18.6. The van der Waals surface area contributed by atoms with Crippen LogP contribution in [0.1, 0.15) is 36.6 Å². The molecule has 1 aliphatic rings. The molecule has 1 fully saturated rings. The fraction of sp³-hybridized carbons (Fsp3) is 0.241. The van der Waals surface area contributed by atoms with Crippen LogP contribution in [0.3, 0.4) is 0 Å². The van der Waals surface area contributed by atoms with Crippen LogP contribution in [0.5, 0.6) is 17.2 Å². The van der Waals surface area contributed by atoms with Gasteiger partial charge < -0.3 is 19.3 Å². The molecule has 0 aliphatic carbocycles. The summed E-state index contributed by atoms with van der Waals surface area (Å²) in [4.78, 5) is 28.2. The molecule has 1 unspecified atom stereocenters. The lowest BCUT2D eigenvalue weighted by Crippen LogP contribution is -2.29. The van der Waals surface area contributed by atoms with Crippen LogP contribution in [0.15, 0.2) is 72.3 Å². The summed E-state index contributed by atoms with van der Waals surface area (Å²) in [6.07, 6.45) is 0. The number of rotatable bonds is 8. The number of hydrogen-bond acceptors (Lipinski definition) is 6. The number of aliphatic hydroxyl groups is 1. The Morgan fingerprint density at radius 2 is 1.61 bits per heavy atom. The molecule has 36 heavy (non-hydrogen) atoms. The van der Waals surface area contributed by atoms with Gasteiger partial charge in [-0.2, -0.15) is 0 Å². The summed E-state index contributed by atoms with van der Waals surface area (Å²) in [6.45, 7) is 6.42. The van der Waals surface area contributed by atoms with Gasteiger partial charge in [0, 0.05) is 11.8 Å². The van der Waals surface area contributed by atoms with Crippen molar-refractivity contribution in [3.8, 4) is 17.2 Å². The smallest absolute Gasteiger partial charge is 0.300 e. The van der Waals surface area contributed by atoms with E-state index in [0.29, 0.717) is 47.3 Å². The standard InChI is InChI=1S/C29H29NO6/c1-5-35-22-14-15-23(24(17-22)36-6-2)27(31)25-26(19-10-12-21(34-4)13-11-19)30(29(33)28(25)32)20-9-7-8-18(3)16-20/h7-17,26,31H,5-6H2,1-4H3/b27-25-. The van der Waals surface area contributed by atoms with Crippen molar-refractivity contribution < 1.29 is 28.9 Å². The summed E-state index contributed by atoms with van der Waals surface area (Å²) < 4.78 is 16.6. The minimum Gasteiger partial charge on any atom is -0.507 e. The third-order valence-corrected chi connectivity index (χ3v) is 5.97. The number of nitrogens with zero attached hydrogens (tertiary/aromatic N) is 1. The van der Waals surface area contributed by atoms with E-state index in [1.54, 1.807) is 55.6 Å². The van der Waals surface area contributed by atoms with Gasteiger partial charge in [0.05, 0.1) is 37.5 Å². The van der Waals surface area contributed by atoms with E-state index >= 15 is 0 Å². The zero-order chi connectivity index (χ0) is 25.8. The molecule has 1 amide bonds. The molecule has 3 aromatic carbocycles. The van der Waals surface area contributed by atoms with Crippen LogP contribution < -0.4 is 19.1 Å². The summed E-state index contributed by atoms with van der Waals surface area (Å²) in [5.74, 6) is -0.231. The van der Waals surface area contributed by atoms with Crippen molar-refractivity contribution in [1.29, 1.82) is 0 Å². The third-order valence-electron chi connectivity index (χ3n) is 5.97. The van der Waals surface area contributed by atoms with Gasteiger partial charge in [-0.3, -0.25) is 14.5 Å². The number of aryl methyl sites for hydroxylation is 1. The van der Waals surface area contributed by atoms with E-state index in [4.69, 9.17) is 14.2 Å². The lowest BCUT2D eigenvalue weighted by atomic mass is 9.94. The van der Waals surface area contributed by atoms with Gasteiger partial charge in [0.15, 0.2) is 0 Å². The highest BCUT2D eigenvalue weighted by molar-refractivity contribution is 6.51. The second-order valence-corrected chi connectivity index (χ2v) is 8.31. The molecule has 1 saturated heterocycles. The Hall–Kier alpha value is -4.26. The largest absolute Gasteiger partial charge is 0.507 e. The predicted octanol–water partition coefficient (Wildman–Crippen LogP) is 5.43. The fourth-order valence-electron chi connectivity index (χ4n) is 4.35. The van der Waals surface area contributed by atoms with Crippen LogP contribution in [0.25, 0.3) is 5.76 Å². The topological polar surface area (TPSA) is 85.3 Å². The summed E-state index contributed by atoms with van der Waals surface area (Å²) in [7, 11) is 1.56. The molecule has 1 N–H and O–H groups in total. The average molecular weight is 488 g/mol. The molecule has 186 valence electrons. The molecule has 3 aromatic rings. The van der Waals surface area contributed by atoms with Crippen LogP contribution in [0, 0.1) is 6.92 Å². The number of methoxy groups -OCH3 is 1. The number of amides is 1. The third kappa shape index (κ3) is 4.64. The molecule has 1 heterocycles. The molecule has 0 radical (unpaired) electrons. The first kappa shape index (κ1) is 24.9. The first-order chi connectivity index (χ1) is 17.4. The number of benzene rings is 3. The molecular formula is C29H29NO6. The summed E-state index contributed by atoms with van der Waals surface area (Å²) >= 11 is 0. The highest BCUT2D eigenvalue weighted by Crippen LogP contribution is 2.44. The number of carbonyl (C=O) groups is 2. The Labute approximate surface area is 210 Å². The lowest BCUT2D eigenvalue weighted by molar-refractivity contribution is -0.132. The Kier molecular flexibility index (Phi) is 7.29. The van der Waals surface area contributed by atoms with Gasteiger partial charge in [-0.05, 0) is 68.3 Å². The molecule has 1 atom stereocenters. The van der Waals surface area contributed by atoms with Crippen molar-refractivity contribution >= 4 is 23.1 Å². The van der Waals surface area contributed by atoms with Crippen molar-refractivity contribution in [3.63, 3.8) is 0 Å². The summed E-state index contributed by atoms with van der Waals surface area (Å²) in [5.41, 5.74) is 2.45. The number of aliphatic hydroxyl groups excluding tert-OH is 1. The maximum Gasteiger partial charge on any atom is 0.300 e. The molecule has 7 heteroatoms. The molecule has 7 nitrogen and oxygen atoms in total. The van der Waals surface area contributed by atoms with E-state index < -0.39 is 17.7 Å². The Morgan fingerprint density at radius 1 is 0.917 bits per heavy atom. The number of anilines is 1. The maximum absolute atomic E-state index is 13.4. The number of ketones is 1. The van der Waals surface area contributed by atoms with Crippen molar-refractivity contribution in [2.75, 3.05) is 25.2 Å². The van der Waals surface area contributed by atoms with Gasteiger partial charge in [-0.15, -0.1) is 0 Å². The Balaban J connectivity index is 1.94. The zero-order valence-electron chi connectivity index (χ0n) is 20.8. The van der Waals surface area contributed by atoms with Gasteiger partial charge in [-0.1, -0.05) is 24.3 Å². The van der Waals surface area contributed by atoms with E-state index in [0.717, 1.165) is 5.56 Å².